The van der Waals surface area contributed by atoms with Crippen LogP contribution in [-0.2, 0) is 0 Å². The Morgan fingerprint density at radius 1 is 1.50 bits per heavy atom. The molecule has 4 nitrogen and oxygen atoms in total. The fourth-order valence-electron chi connectivity index (χ4n) is 2.36. The van der Waals surface area contributed by atoms with E-state index < -0.39 is 0 Å². The van der Waals surface area contributed by atoms with Crippen molar-refractivity contribution in [2.24, 2.45) is 4.99 Å². The molecular formula is C17H21ClN4. The van der Waals surface area contributed by atoms with Crippen molar-refractivity contribution in [1.82, 2.24) is 14.9 Å². The molecule has 0 spiro atoms. The summed E-state index contributed by atoms with van der Waals surface area (Å²) in [5.41, 5.74) is 3.62. The minimum absolute atomic E-state index is 0.289. The zero-order chi connectivity index (χ0) is 16.1. The van der Waals surface area contributed by atoms with E-state index in [-0.39, 0.29) is 6.04 Å². The first kappa shape index (κ1) is 16.5. The van der Waals surface area contributed by atoms with Gasteiger partial charge in [-0.2, -0.15) is 0 Å². The molecule has 0 fully saturated rings. The van der Waals surface area contributed by atoms with Gasteiger partial charge in [0.2, 0.25) is 0 Å². The van der Waals surface area contributed by atoms with Gasteiger partial charge in [0.15, 0.2) is 10.6 Å². The Morgan fingerprint density at radius 2 is 2.27 bits per heavy atom. The molecule has 0 aliphatic rings. The van der Waals surface area contributed by atoms with Crippen LogP contribution in [0.4, 0.5) is 0 Å². The van der Waals surface area contributed by atoms with Gasteiger partial charge in [0.1, 0.15) is 0 Å². The van der Waals surface area contributed by atoms with Crippen LogP contribution in [0.2, 0.25) is 5.15 Å². The van der Waals surface area contributed by atoms with Crippen molar-refractivity contribution in [2.75, 3.05) is 13.6 Å². The maximum atomic E-state index is 6.23. The van der Waals surface area contributed by atoms with Gasteiger partial charge in [0, 0.05) is 31.0 Å². The van der Waals surface area contributed by atoms with Gasteiger partial charge in [-0.25, -0.2) is 4.98 Å². The smallest absolute Gasteiger partial charge is 0.172 e. The van der Waals surface area contributed by atoms with Gasteiger partial charge in [0.25, 0.3) is 0 Å². The molecule has 0 radical (unpaired) electrons. The number of benzene rings is 1. The van der Waals surface area contributed by atoms with Crippen molar-refractivity contribution in [1.29, 1.82) is 0 Å². The summed E-state index contributed by atoms with van der Waals surface area (Å²) in [4.78, 5) is 8.58. The van der Waals surface area contributed by atoms with Gasteiger partial charge >= 0.3 is 0 Å². The molecule has 2 aromatic rings. The van der Waals surface area contributed by atoms with Crippen LogP contribution in [0.25, 0.3) is 17.5 Å². The molecule has 1 atom stereocenters. The lowest BCUT2D eigenvalue weighted by molar-refractivity contribution is 0.598. The number of hydrogen-bond acceptors (Lipinski definition) is 3. The van der Waals surface area contributed by atoms with Gasteiger partial charge in [-0.3, -0.25) is 4.99 Å². The monoisotopic (exact) mass is 316 g/mol. The zero-order valence-electron chi connectivity index (χ0n) is 13.2. The molecule has 2 rings (SSSR count). The number of hydrogen-bond donors (Lipinski definition) is 1. The molecule has 1 heterocycles. The first-order valence-corrected chi connectivity index (χ1v) is 7.66. The zero-order valence-corrected chi connectivity index (χ0v) is 13.9. The third-order valence-corrected chi connectivity index (χ3v) is 3.76. The molecule has 0 aliphatic carbocycles. The van der Waals surface area contributed by atoms with Gasteiger partial charge in [-0.05, 0) is 25.1 Å². The topological polar surface area (TPSA) is 42.2 Å². The number of halogens is 1. The predicted octanol–water partition coefficient (Wildman–Crippen LogP) is 3.51. The lowest BCUT2D eigenvalue weighted by Crippen LogP contribution is -2.19. The Bertz CT molecular complexity index is 734. The van der Waals surface area contributed by atoms with E-state index in [0.29, 0.717) is 10.6 Å². The summed E-state index contributed by atoms with van der Waals surface area (Å²) >= 11 is 6.23. The summed E-state index contributed by atoms with van der Waals surface area (Å²) in [5.74, 6) is 0. The first-order chi connectivity index (χ1) is 10.6. The average molecular weight is 317 g/mol. The molecule has 0 aliphatic heterocycles. The SMILES string of the molecule is C=Cn1cc(-c2cccc(C(C)NCC)c2)nc(Cl)c1=NC. The fraction of sp³-hybridized carbons (Fsp3) is 0.294. The number of nitrogens with one attached hydrogen (secondary N) is 1. The second kappa shape index (κ2) is 7.38. The third-order valence-electron chi connectivity index (χ3n) is 3.51. The Balaban J connectivity index is 2.51. The molecular weight excluding hydrogens is 296 g/mol. The van der Waals surface area contributed by atoms with Crippen molar-refractivity contribution in [3.05, 3.63) is 53.2 Å². The molecule has 1 aromatic heterocycles. The van der Waals surface area contributed by atoms with E-state index in [0.717, 1.165) is 17.8 Å². The maximum absolute atomic E-state index is 6.23. The van der Waals surface area contributed by atoms with Crippen LogP contribution in [0.1, 0.15) is 25.5 Å². The van der Waals surface area contributed by atoms with E-state index in [2.05, 4.69) is 47.9 Å². The lowest BCUT2D eigenvalue weighted by Gasteiger charge is -2.14. The van der Waals surface area contributed by atoms with Gasteiger partial charge in [-0.15, -0.1) is 0 Å². The highest BCUT2D eigenvalue weighted by Crippen LogP contribution is 2.22. The molecule has 0 bridgehead atoms. The summed E-state index contributed by atoms with van der Waals surface area (Å²) in [6.45, 7) is 8.97. The fourth-order valence-corrected chi connectivity index (χ4v) is 2.63. The Labute approximate surface area is 136 Å². The molecule has 1 N–H and O–H groups in total. The lowest BCUT2D eigenvalue weighted by atomic mass is 10.0. The van der Waals surface area contributed by atoms with Crippen molar-refractivity contribution in [3.63, 3.8) is 0 Å². The molecule has 5 heteroatoms. The van der Waals surface area contributed by atoms with E-state index in [9.17, 15) is 0 Å². The van der Waals surface area contributed by atoms with E-state index in [1.807, 2.05) is 18.3 Å². The van der Waals surface area contributed by atoms with Crippen LogP contribution >= 0.6 is 11.6 Å². The van der Waals surface area contributed by atoms with Crippen molar-refractivity contribution >= 4 is 17.8 Å². The average Bonchev–Trinajstić information content (AvgIpc) is 2.54. The van der Waals surface area contributed by atoms with Gasteiger partial charge in [-0.1, -0.05) is 43.3 Å². The number of nitrogens with zero attached hydrogens (tertiary/aromatic N) is 3. The van der Waals surface area contributed by atoms with Gasteiger partial charge in [0.05, 0.1) is 5.69 Å². The highest BCUT2D eigenvalue weighted by Gasteiger charge is 2.09. The molecule has 116 valence electrons. The number of rotatable bonds is 5. The standard InChI is InChI=1S/C17H21ClN4/c1-5-20-12(3)13-8-7-9-14(10-13)15-11-22(6-2)17(19-4)16(18)21-15/h6-12,20H,2,5H2,1,3-4H3. The minimum atomic E-state index is 0.289. The van der Waals surface area contributed by atoms with Crippen LogP contribution < -0.4 is 10.8 Å². The van der Waals surface area contributed by atoms with Crippen LogP contribution in [0.3, 0.4) is 0 Å². The quantitative estimate of drug-likeness (QED) is 0.917. The molecule has 22 heavy (non-hydrogen) atoms. The van der Waals surface area contributed by atoms with Crippen LogP contribution in [0, 0.1) is 0 Å². The third kappa shape index (κ3) is 3.46. The van der Waals surface area contributed by atoms with Crippen LogP contribution in [-0.4, -0.2) is 23.1 Å². The van der Waals surface area contributed by atoms with Crippen molar-refractivity contribution in [3.8, 4) is 11.3 Å². The maximum Gasteiger partial charge on any atom is 0.172 e. The molecule has 0 saturated heterocycles. The number of aromatic nitrogens is 2. The summed E-state index contributed by atoms with van der Waals surface area (Å²) in [6.07, 6.45) is 3.56. The normalized spacial score (nSPS) is 13.2. The Morgan fingerprint density at radius 3 is 2.91 bits per heavy atom. The molecule has 1 aromatic carbocycles. The van der Waals surface area contributed by atoms with E-state index in [4.69, 9.17) is 11.6 Å². The summed E-state index contributed by atoms with van der Waals surface area (Å²) < 4.78 is 1.78. The Kier molecular flexibility index (Phi) is 5.52. The Hall–Kier alpha value is -1.91. The highest BCUT2D eigenvalue weighted by molar-refractivity contribution is 6.29. The first-order valence-electron chi connectivity index (χ1n) is 7.28. The second-order valence-electron chi connectivity index (χ2n) is 4.96. The van der Waals surface area contributed by atoms with E-state index in [1.54, 1.807) is 17.8 Å². The van der Waals surface area contributed by atoms with Gasteiger partial charge < -0.3 is 9.88 Å². The highest BCUT2D eigenvalue weighted by atomic mass is 35.5. The predicted molar refractivity (Wildman–Crippen MR) is 92.6 cm³/mol. The van der Waals surface area contributed by atoms with E-state index in [1.165, 1.54) is 5.56 Å². The minimum Gasteiger partial charge on any atom is -0.310 e. The largest absolute Gasteiger partial charge is 0.310 e. The van der Waals surface area contributed by atoms with Crippen molar-refractivity contribution in [2.45, 2.75) is 19.9 Å². The molecule has 0 amide bonds. The summed E-state index contributed by atoms with van der Waals surface area (Å²) in [5, 5.41) is 3.78. The second-order valence-corrected chi connectivity index (χ2v) is 5.32. The molecule has 0 saturated carbocycles. The van der Waals surface area contributed by atoms with E-state index >= 15 is 0 Å². The summed E-state index contributed by atoms with van der Waals surface area (Å²) in [6, 6.07) is 8.58. The van der Waals surface area contributed by atoms with Crippen LogP contribution in [0.5, 0.6) is 0 Å². The van der Waals surface area contributed by atoms with Crippen LogP contribution in [0.15, 0.2) is 42.0 Å². The summed E-state index contributed by atoms with van der Waals surface area (Å²) in [7, 11) is 1.68. The van der Waals surface area contributed by atoms with Crippen molar-refractivity contribution < 1.29 is 0 Å². The molecule has 1 unspecified atom stereocenters.